The molecule has 0 aliphatic heterocycles. The van der Waals surface area contributed by atoms with Crippen LogP contribution in [0.15, 0.2) is 36.5 Å². The van der Waals surface area contributed by atoms with Crippen molar-refractivity contribution < 1.29 is 24.5 Å². The summed E-state index contributed by atoms with van der Waals surface area (Å²) in [6, 6.07) is -0.541. The second kappa shape index (κ2) is 79.5. The first-order valence-electron chi connectivity index (χ1n) is 41.2. The average molecular weight is 1270 g/mol. The van der Waals surface area contributed by atoms with Crippen molar-refractivity contribution in [3.05, 3.63) is 36.5 Å². The molecular weight excluding hydrogens is 1100 g/mol. The number of rotatable bonds is 78. The summed E-state index contributed by atoms with van der Waals surface area (Å²) in [5.74, 6) is -0.0155. The molecule has 0 radical (unpaired) electrons. The van der Waals surface area contributed by atoms with Crippen molar-refractivity contribution in [2.24, 2.45) is 0 Å². The van der Waals surface area contributed by atoms with Gasteiger partial charge in [0.2, 0.25) is 5.91 Å². The molecule has 0 spiro atoms. The molecule has 532 valence electrons. The Hall–Kier alpha value is -1.92. The molecule has 2 unspecified atom stereocenters. The van der Waals surface area contributed by atoms with Crippen LogP contribution in [0.4, 0.5) is 0 Å². The van der Waals surface area contributed by atoms with E-state index < -0.39 is 12.1 Å². The SMILES string of the molecule is CCCCCCCC/C=C\CCCCCCCC(=O)OCCCCCCCCCCCCCCC/C=C\C/C=C\CCCCCCCCCCCCCCCCCCCC(=O)NC(CO)C(O)CCCCCCCCCCCCCCCCCCCCCCC. The Labute approximate surface area is 564 Å². The molecule has 0 bridgehead atoms. The molecule has 0 saturated carbocycles. The van der Waals surface area contributed by atoms with E-state index in [-0.39, 0.29) is 18.5 Å². The molecule has 0 heterocycles. The van der Waals surface area contributed by atoms with E-state index in [9.17, 15) is 19.8 Å². The summed E-state index contributed by atoms with van der Waals surface area (Å²) < 4.78 is 5.50. The summed E-state index contributed by atoms with van der Waals surface area (Å²) in [4.78, 5) is 24.7. The van der Waals surface area contributed by atoms with Crippen LogP contribution in [0.2, 0.25) is 0 Å². The van der Waals surface area contributed by atoms with Crippen LogP contribution in [-0.2, 0) is 14.3 Å². The van der Waals surface area contributed by atoms with Gasteiger partial charge in [-0.1, -0.05) is 403 Å². The highest BCUT2D eigenvalue weighted by molar-refractivity contribution is 5.76. The van der Waals surface area contributed by atoms with Crippen molar-refractivity contribution in [3.8, 4) is 0 Å². The number of unbranched alkanes of at least 4 members (excludes halogenated alkanes) is 61. The predicted octanol–water partition coefficient (Wildman–Crippen LogP) is 27.4. The zero-order chi connectivity index (χ0) is 64.9. The van der Waals surface area contributed by atoms with E-state index in [4.69, 9.17) is 4.74 Å². The Bertz CT molecular complexity index is 1460. The Kier molecular flexibility index (Phi) is 77.8. The molecule has 6 nitrogen and oxygen atoms in total. The van der Waals surface area contributed by atoms with Gasteiger partial charge in [0.1, 0.15) is 0 Å². The van der Waals surface area contributed by atoms with E-state index >= 15 is 0 Å². The maximum Gasteiger partial charge on any atom is 0.305 e. The van der Waals surface area contributed by atoms with Gasteiger partial charge in [-0.05, 0) is 83.5 Å². The number of aliphatic hydroxyl groups excluding tert-OH is 2. The highest BCUT2D eigenvalue weighted by atomic mass is 16.5. The lowest BCUT2D eigenvalue weighted by molar-refractivity contribution is -0.143. The van der Waals surface area contributed by atoms with Crippen LogP contribution in [0.25, 0.3) is 0 Å². The third kappa shape index (κ3) is 75.1. The van der Waals surface area contributed by atoms with Gasteiger partial charge < -0.3 is 20.3 Å². The summed E-state index contributed by atoms with van der Waals surface area (Å²) >= 11 is 0. The maximum absolute atomic E-state index is 12.6. The van der Waals surface area contributed by atoms with E-state index in [1.165, 1.54) is 379 Å². The molecule has 2 atom stereocenters. The van der Waals surface area contributed by atoms with E-state index in [1.807, 2.05) is 0 Å². The highest BCUT2D eigenvalue weighted by Crippen LogP contribution is 2.20. The number of nitrogens with one attached hydrogen (secondary N) is 1. The zero-order valence-corrected chi connectivity index (χ0v) is 61.1. The van der Waals surface area contributed by atoms with Gasteiger partial charge >= 0.3 is 5.97 Å². The second-order valence-electron chi connectivity index (χ2n) is 28.5. The minimum Gasteiger partial charge on any atom is -0.466 e. The fraction of sp³-hybridized carbons (Fsp3) is 0.905. The number of hydrogen-bond donors (Lipinski definition) is 3. The van der Waals surface area contributed by atoms with E-state index in [0.717, 1.165) is 51.4 Å². The number of aliphatic hydroxyl groups is 2. The van der Waals surface area contributed by atoms with Gasteiger partial charge in [0.25, 0.3) is 0 Å². The Balaban J connectivity index is 3.36. The highest BCUT2D eigenvalue weighted by Gasteiger charge is 2.20. The lowest BCUT2D eigenvalue weighted by Crippen LogP contribution is -2.45. The molecule has 0 aliphatic rings. The molecule has 0 rings (SSSR count). The first-order chi connectivity index (χ1) is 44.5. The number of carbonyl (C=O) groups is 2. The number of hydrogen-bond acceptors (Lipinski definition) is 5. The molecule has 0 aliphatic carbocycles. The van der Waals surface area contributed by atoms with Gasteiger partial charge in [-0.3, -0.25) is 9.59 Å². The first-order valence-corrected chi connectivity index (χ1v) is 41.2. The molecule has 0 fully saturated rings. The summed E-state index contributed by atoms with van der Waals surface area (Å²) in [5, 5.41) is 23.5. The van der Waals surface area contributed by atoms with Crippen LogP contribution in [0.1, 0.15) is 463 Å². The predicted molar refractivity (Wildman–Crippen MR) is 398 cm³/mol. The minimum atomic E-state index is -0.664. The summed E-state index contributed by atoms with van der Waals surface area (Å²) in [6.45, 7) is 4.99. The molecule has 0 aromatic rings. The molecule has 0 aromatic carbocycles. The minimum absolute atomic E-state index is 0.0116. The van der Waals surface area contributed by atoms with Crippen LogP contribution >= 0.6 is 0 Å². The van der Waals surface area contributed by atoms with Crippen LogP contribution in [-0.4, -0.2) is 47.4 Å². The zero-order valence-electron chi connectivity index (χ0n) is 61.1. The monoisotopic (exact) mass is 1260 g/mol. The van der Waals surface area contributed by atoms with Gasteiger partial charge in [0.05, 0.1) is 25.4 Å². The van der Waals surface area contributed by atoms with Crippen molar-refractivity contribution in [1.29, 1.82) is 0 Å². The molecule has 6 heteroatoms. The topological polar surface area (TPSA) is 95.9 Å². The average Bonchev–Trinajstić information content (AvgIpc) is 3.68. The molecule has 0 saturated heterocycles. The van der Waals surface area contributed by atoms with Crippen LogP contribution in [0.3, 0.4) is 0 Å². The summed E-state index contributed by atoms with van der Waals surface area (Å²) in [5.41, 5.74) is 0. The fourth-order valence-electron chi connectivity index (χ4n) is 13.1. The number of carbonyl (C=O) groups excluding carboxylic acids is 2. The van der Waals surface area contributed by atoms with Crippen molar-refractivity contribution in [1.82, 2.24) is 5.32 Å². The summed E-state index contributed by atoms with van der Waals surface area (Å²) in [6.07, 6.45) is 104. The van der Waals surface area contributed by atoms with Crippen molar-refractivity contribution in [2.75, 3.05) is 13.2 Å². The third-order valence-electron chi connectivity index (χ3n) is 19.4. The van der Waals surface area contributed by atoms with Gasteiger partial charge in [-0.2, -0.15) is 0 Å². The quantitative estimate of drug-likeness (QED) is 0.0320. The van der Waals surface area contributed by atoms with Gasteiger partial charge in [0, 0.05) is 12.8 Å². The van der Waals surface area contributed by atoms with Crippen molar-refractivity contribution in [2.45, 2.75) is 475 Å². The number of amides is 1. The molecule has 90 heavy (non-hydrogen) atoms. The van der Waals surface area contributed by atoms with Crippen molar-refractivity contribution >= 4 is 11.9 Å². The van der Waals surface area contributed by atoms with Gasteiger partial charge in [-0.25, -0.2) is 0 Å². The second-order valence-corrected chi connectivity index (χ2v) is 28.5. The van der Waals surface area contributed by atoms with Gasteiger partial charge in [0.15, 0.2) is 0 Å². The first kappa shape index (κ1) is 88.1. The third-order valence-corrected chi connectivity index (χ3v) is 19.4. The molecule has 1 amide bonds. The van der Waals surface area contributed by atoms with E-state index in [2.05, 4.69) is 55.6 Å². The molecule has 0 aromatic heterocycles. The number of esters is 1. The Morgan fingerprint density at radius 3 is 0.856 bits per heavy atom. The number of allylic oxidation sites excluding steroid dienone is 6. The lowest BCUT2D eigenvalue weighted by atomic mass is 10.0. The molecular formula is C84H161NO5. The molecule has 3 N–H and O–H groups in total. The van der Waals surface area contributed by atoms with Crippen LogP contribution in [0, 0.1) is 0 Å². The Morgan fingerprint density at radius 2 is 0.556 bits per heavy atom. The van der Waals surface area contributed by atoms with E-state index in [1.54, 1.807) is 0 Å². The smallest absolute Gasteiger partial charge is 0.305 e. The van der Waals surface area contributed by atoms with Crippen LogP contribution in [0.5, 0.6) is 0 Å². The van der Waals surface area contributed by atoms with Crippen molar-refractivity contribution in [3.63, 3.8) is 0 Å². The maximum atomic E-state index is 12.6. The Morgan fingerprint density at radius 1 is 0.311 bits per heavy atom. The largest absolute Gasteiger partial charge is 0.466 e. The van der Waals surface area contributed by atoms with Gasteiger partial charge in [-0.15, -0.1) is 0 Å². The summed E-state index contributed by atoms with van der Waals surface area (Å²) in [7, 11) is 0. The van der Waals surface area contributed by atoms with Crippen LogP contribution < -0.4 is 5.32 Å². The number of ether oxygens (including phenoxy) is 1. The van der Waals surface area contributed by atoms with E-state index in [0.29, 0.717) is 25.9 Å². The normalized spacial score (nSPS) is 12.6. The standard InChI is InChI=1S/C84H161NO5/c1-3-5-7-9-11-13-15-17-19-20-21-39-42-45-49-52-56-60-64-68-72-76-82(87)81(80-86)85-83(88)77-73-69-65-61-57-53-50-46-43-40-37-35-33-31-29-27-25-23-22-24-26-28-30-32-34-36-38-41-44-47-51-55-59-63-67-71-75-79-90-84(89)78-74-70-66-62-58-54-48-18-16-14-12-10-8-6-4-2/h18,22,24,28,30,48,81-82,86-87H,3-17,19-21,23,25-27,29,31-47,49-80H2,1-2H3,(H,85,88)/b24-22-,30-28-,48-18-. The fourth-order valence-corrected chi connectivity index (χ4v) is 13.1. The lowest BCUT2D eigenvalue weighted by Gasteiger charge is -2.22.